The van der Waals surface area contributed by atoms with Crippen molar-refractivity contribution >= 4 is 22.6 Å². The SMILES string of the molecule is CC(=O)N(C)c1ccc2c(-c3ccccc3C)cc(=O)oc2c1. The molecule has 4 nitrogen and oxygen atoms in total. The van der Waals surface area contributed by atoms with Crippen LogP contribution in [0.4, 0.5) is 5.69 Å². The van der Waals surface area contributed by atoms with E-state index in [9.17, 15) is 9.59 Å². The minimum atomic E-state index is -0.404. The van der Waals surface area contributed by atoms with Crippen LogP contribution in [0.1, 0.15) is 12.5 Å². The van der Waals surface area contributed by atoms with Gasteiger partial charge in [-0.3, -0.25) is 4.79 Å². The van der Waals surface area contributed by atoms with E-state index >= 15 is 0 Å². The predicted octanol–water partition coefficient (Wildman–Crippen LogP) is 3.75. The van der Waals surface area contributed by atoms with E-state index in [1.807, 2.05) is 43.3 Å². The fourth-order valence-electron chi connectivity index (χ4n) is 2.64. The lowest BCUT2D eigenvalue weighted by Gasteiger charge is -2.16. The maximum atomic E-state index is 12.0. The molecule has 0 aliphatic carbocycles. The number of carbonyl (C=O) groups is 1. The van der Waals surface area contributed by atoms with Crippen LogP contribution in [0, 0.1) is 6.92 Å². The van der Waals surface area contributed by atoms with Crippen molar-refractivity contribution in [3.63, 3.8) is 0 Å². The summed E-state index contributed by atoms with van der Waals surface area (Å²) in [5.41, 5.74) is 3.68. The van der Waals surface area contributed by atoms with E-state index in [-0.39, 0.29) is 5.91 Å². The molecule has 116 valence electrons. The van der Waals surface area contributed by atoms with Gasteiger partial charge in [-0.15, -0.1) is 0 Å². The molecule has 4 heteroatoms. The molecule has 0 fully saturated rings. The molecule has 3 rings (SSSR count). The smallest absolute Gasteiger partial charge is 0.336 e. The van der Waals surface area contributed by atoms with Gasteiger partial charge in [0.2, 0.25) is 5.91 Å². The molecule has 1 heterocycles. The van der Waals surface area contributed by atoms with Gasteiger partial charge in [0, 0.05) is 42.7 Å². The summed E-state index contributed by atoms with van der Waals surface area (Å²) >= 11 is 0. The number of amides is 1. The van der Waals surface area contributed by atoms with Crippen LogP contribution in [0.3, 0.4) is 0 Å². The Morgan fingerprint density at radius 3 is 2.48 bits per heavy atom. The average molecular weight is 307 g/mol. The highest BCUT2D eigenvalue weighted by atomic mass is 16.4. The quantitative estimate of drug-likeness (QED) is 0.677. The number of nitrogens with zero attached hydrogens (tertiary/aromatic N) is 1. The maximum Gasteiger partial charge on any atom is 0.336 e. The third-order valence-corrected chi connectivity index (χ3v) is 4.02. The molecule has 0 N–H and O–H groups in total. The van der Waals surface area contributed by atoms with Crippen LogP contribution in [-0.4, -0.2) is 13.0 Å². The molecule has 2 aromatic carbocycles. The molecular formula is C19H17NO3. The van der Waals surface area contributed by atoms with Crippen molar-refractivity contribution in [3.8, 4) is 11.1 Å². The summed E-state index contributed by atoms with van der Waals surface area (Å²) in [4.78, 5) is 25.0. The normalized spacial score (nSPS) is 10.7. The Balaban J connectivity index is 2.27. The summed E-state index contributed by atoms with van der Waals surface area (Å²) in [5, 5.41) is 0.847. The summed E-state index contributed by atoms with van der Waals surface area (Å²) in [7, 11) is 1.69. The van der Waals surface area contributed by atoms with Crippen LogP contribution in [0.2, 0.25) is 0 Å². The highest BCUT2D eigenvalue weighted by molar-refractivity contribution is 5.98. The first kappa shape index (κ1) is 15.0. The van der Waals surface area contributed by atoms with Gasteiger partial charge in [0.15, 0.2) is 0 Å². The summed E-state index contributed by atoms with van der Waals surface area (Å²) < 4.78 is 5.34. The molecule has 0 radical (unpaired) electrons. The van der Waals surface area contributed by atoms with Crippen molar-refractivity contribution in [1.29, 1.82) is 0 Å². The van der Waals surface area contributed by atoms with Crippen molar-refractivity contribution in [1.82, 2.24) is 0 Å². The van der Waals surface area contributed by atoms with E-state index in [4.69, 9.17) is 4.42 Å². The van der Waals surface area contributed by atoms with Crippen molar-refractivity contribution in [2.75, 3.05) is 11.9 Å². The predicted molar refractivity (Wildman–Crippen MR) is 91.7 cm³/mol. The molecule has 0 unspecified atom stereocenters. The lowest BCUT2D eigenvalue weighted by Crippen LogP contribution is -2.22. The highest BCUT2D eigenvalue weighted by Gasteiger charge is 2.12. The first-order chi connectivity index (χ1) is 11.0. The number of fused-ring (bicyclic) bond motifs is 1. The van der Waals surface area contributed by atoms with Crippen molar-refractivity contribution in [3.05, 3.63) is 64.5 Å². The third kappa shape index (κ3) is 2.75. The minimum absolute atomic E-state index is 0.0817. The number of carbonyl (C=O) groups excluding carboxylic acids is 1. The maximum absolute atomic E-state index is 12.0. The van der Waals surface area contributed by atoms with Gasteiger partial charge in [-0.05, 0) is 30.2 Å². The zero-order valence-corrected chi connectivity index (χ0v) is 13.3. The van der Waals surface area contributed by atoms with Crippen LogP contribution in [-0.2, 0) is 4.79 Å². The van der Waals surface area contributed by atoms with E-state index in [1.165, 1.54) is 17.9 Å². The second-order valence-corrected chi connectivity index (χ2v) is 5.55. The van der Waals surface area contributed by atoms with Crippen LogP contribution >= 0.6 is 0 Å². The minimum Gasteiger partial charge on any atom is -0.423 e. The topological polar surface area (TPSA) is 50.5 Å². The summed E-state index contributed by atoms with van der Waals surface area (Å²) in [5.74, 6) is -0.0817. The zero-order chi connectivity index (χ0) is 16.6. The molecule has 0 atom stereocenters. The molecule has 23 heavy (non-hydrogen) atoms. The van der Waals surface area contributed by atoms with E-state index in [0.29, 0.717) is 11.3 Å². The van der Waals surface area contributed by atoms with Gasteiger partial charge in [-0.25, -0.2) is 4.79 Å². The van der Waals surface area contributed by atoms with Gasteiger partial charge in [0.25, 0.3) is 0 Å². The Morgan fingerprint density at radius 2 is 1.78 bits per heavy atom. The molecule has 1 amide bonds. The van der Waals surface area contributed by atoms with Crippen molar-refractivity contribution in [2.45, 2.75) is 13.8 Å². The number of anilines is 1. The number of hydrogen-bond acceptors (Lipinski definition) is 3. The Hall–Kier alpha value is -2.88. The summed E-state index contributed by atoms with van der Waals surface area (Å²) in [6.45, 7) is 3.50. The van der Waals surface area contributed by atoms with Gasteiger partial charge in [-0.1, -0.05) is 24.3 Å². The second kappa shape index (κ2) is 5.72. The Bertz CT molecular complexity index is 956. The lowest BCUT2D eigenvalue weighted by atomic mass is 9.98. The molecule has 0 aliphatic rings. The average Bonchev–Trinajstić information content (AvgIpc) is 2.53. The van der Waals surface area contributed by atoms with Crippen molar-refractivity contribution < 1.29 is 9.21 Å². The van der Waals surface area contributed by atoms with Crippen LogP contribution in [0.25, 0.3) is 22.1 Å². The Labute approximate surface area is 134 Å². The number of rotatable bonds is 2. The third-order valence-electron chi connectivity index (χ3n) is 4.02. The first-order valence-corrected chi connectivity index (χ1v) is 7.35. The molecule has 1 aromatic heterocycles. The monoisotopic (exact) mass is 307 g/mol. The molecular weight excluding hydrogens is 290 g/mol. The van der Waals surface area contributed by atoms with Crippen LogP contribution < -0.4 is 10.5 Å². The first-order valence-electron chi connectivity index (χ1n) is 7.35. The molecule has 0 spiro atoms. The van der Waals surface area contributed by atoms with Crippen LogP contribution in [0.15, 0.2) is 57.7 Å². The fourth-order valence-corrected chi connectivity index (χ4v) is 2.64. The van der Waals surface area contributed by atoms with E-state index < -0.39 is 5.63 Å². The molecule has 3 aromatic rings. The summed E-state index contributed by atoms with van der Waals surface area (Å²) in [6, 6.07) is 14.9. The standard InChI is InChI=1S/C19H17NO3/c1-12-6-4-5-7-15(12)17-11-19(22)23-18-10-14(8-9-16(17)18)20(3)13(2)21/h4-11H,1-3H3. The van der Waals surface area contributed by atoms with Gasteiger partial charge in [0.1, 0.15) is 5.58 Å². The molecule has 0 aliphatic heterocycles. The van der Waals surface area contributed by atoms with Gasteiger partial charge in [-0.2, -0.15) is 0 Å². The van der Waals surface area contributed by atoms with E-state index in [0.717, 1.165) is 22.1 Å². The Kier molecular flexibility index (Phi) is 3.74. The molecule has 0 saturated heterocycles. The number of benzene rings is 2. The summed E-state index contributed by atoms with van der Waals surface area (Å²) in [6.07, 6.45) is 0. The van der Waals surface area contributed by atoms with Crippen molar-refractivity contribution in [2.24, 2.45) is 0 Å². The van der Waals surface area contributed by atoms with Crippen LogP contribution in [0.5, 0.6) is 0 Å². The van der Waals surface area contributed by atoms with E-state index in [2.05, 4.69) is 0 Å². The highest BCUT2D eigenvalue weighted by Crippen LogP contribution is 2.31. The number of hydrogen-bond donors (Lipinski definition) is 0. The zero-order valence-electron chi connectivity index (χ0n) is 13.3. The molecule has 0 saturated carbocycles. The van der Waals surface area contributed by atoms with Gasteiger partial charge < -0.3 is 9.32 Å². The fraction of sp³-hybridized carbons (Fsp3) is 0.158. The Morgan fingerprint density at radius 1 is 1.04 bits per heavy atom. The largest absolute Gasteiger partial charge is 0.423 e. The lowest BCUT2D eigenvalue weighted by molar-refractivity contribution is -0.116. The van der Waals surface area contributed by atoms with Gasteiger partial charge in [0.05, 0.1) is 0 Å². The number of aryl methyl sites for hydroxylation is 1. The van der Waals surface area contributed by atoms with E-state index in [1.54, 1.807) is 13.1 Å². The van der Waals surface area contributed by atoms with Gasteiger partial charge >= 0.3 is 5.63 Å². The second-order valence-electron chi connectivity index (χ2n) is 5.55. The molecule has 0 bridgehead atoms.